The van der Waals surface area contributed by atoms with Crippen LogP contribution >= 0.6 is 0 Å². The van der Waals surface area contributed by atoms with Crippen molar-refractivity contribution in [1.29, 1.82) is 0 Å². The van der Waals surface area contributed by atoms with Gasteiger partial charge in [-0.15, -0.1) is 0 Å². The number of nitrogens with zero attached hydrogens (tertiary/aromatic N) is 3. The molecule has 2 rings (SSSR count). The van der Waals surface area contributed by atoms with Gasteiger partial charge in [0.25, 0.3) is 0 Å². The van der Waals surface area contributed by atoms with Crippen molar-refractivity contribution in [1.82, 2.24) is 9.66 Å². The van der Waals surface area contributed by atoms with Gasteiger partial charge in [0.05, 0.1) is 24.7 Å². The summed E-state index contributed by atoms with van der Waals surface area (Å²) >= 11 is 0. The molecule has 0 aliphatic carbocycles. The Morgan fingerprint density at radius 1 is 1.36 bits per heavy atom. The van der Waals surface area contributed by atoms with Crippen LogP contribution < -0.4 is 10.5 Å². The quantitative estimate of drug-likeness (QED) is 0.630. The molecule has 22 heavy (non-hydrogen) atoms. The summed E-state index contributed by atoms with van der Waals surface area (Å²) in [5.74, 6) is 0.442. The Labute approximate surface area is 129 Å². The second kappa shape index (κ2) is 7.59. The number of nitrogens with two attached hydrogens (primary N) is 1. The molecule has 2 N–H and O–H groups in total. The predicted molar refractivity (Wildman–Crippen MR) is 85.8 cm³/mol. The molecule has 5 nitrogen and oxygen atoms in total. The van der Waals surface area contributed by atoms with E-state index in [-0.39, 0.29) is 5.82 Å². The summed E-state index contributed by atoms with van der Waals surface area (Å²) in [6, 6.07) is 4.51. The monoisotopic (exact) mass is 304 g/mol. The van der Waals surface area contributed by atoms with Crippen LogP contribution in [-0.4, -0.2) is 22.5 Å². The van der Waals surface area contributed by atoms with Gasteiger partial charge in [-0.2, -0.15) is 5.10 Å². The van der Waals surface area contributed by atoms with Gasteiger partial charge < -0.3 is 10.5 Å². The average Bonchev–Trinajstić information content (AvgIpc) is 2.79. The predicted octanol–water partition coefficient (Wildman–Crippen LogP) is 3.36. The van der Waals surface area contributed by atoms with Gasteiger partial charge >= 0.3 is 0 Å². The SMILES string of the molecule is CCCCCOc1cc(F)cc(C=Nn2cc(C)nc2N)c1. The molecule has 0 aliphatic rings. The van der Waals surface area contributed by atoms with Gasteiger partial charge in [-0.05, 0) is 25.5 Å². The summed E-state index contributed by atoms with van der Waals surface area (Å²) in [5.41, 5.74) is 7.08. The van der Waals surface area contributed by atoms with Gasteiger partial charge in [-0.25, -0.2) is 14.1 Å². The molecule has 1 heterocycles. The molecule has 2 aromatic rings. The molecule has 0 spiro atoms. The van der Waals surface area contributed by atoms with Crippen molar-refractivity contribution < 1.29 is 9.13 Å². The summed E-state index contributed by atoms with van der Waals surface area (Å²) in [4.78, 5) is 4.04. The number of aryl methyl sites for hydroxylation is 1. The molecule has 1 aromatic heterocycles. The Hall–Kier alpha value is -2.37. The van der Waals surface area contributed by atoms with Gasteiger partial charge in [0.1, 0.15) is 11.6 Å². The summed E-state index contributed by atoms with van der Waals surface area (Å²) in [5, 5.41) is 4.17. The van der Waals surface area contributed by atoms with Gasteiger partial charge in [0, 0.05) is 11.6 Å². The van der Waals surface area contributed by atoms with E-state index in [0.29, 0.717) is 23.9 Å². The first kappa shape index (κ1) is 16.0. The smallest absolute Gasteiger partial charge is 0.221 e. The van der Waals surface area contributed by atoms with Gasteiger partial charge in [0.15, 0.2) is 0 Å². The van der Waals surface area contributed by atoms with Crippen LogP contribution in [0, 0.1) is 12.7 Å². The lowest BCUT2D eigenvalue weighted by Crippen LogP contribution is -1.99. The molecule has 0 atom stereocenters. The number of anilines is 1. The Balaban J connectivity index is 2.07. The van der Waals surface area contributed by atoms with E-state index >= 15 is 0 Å². The Bertz CT molecular complexity index is 652. The largest absolute Gasteiger partial charge is 0.493 e. The minimum absolute atomic E-state index is 0.293. The maximum atomic E-state index is 13.6. The number of aromatic nitrogens is 2. The van der Waals surface area contributed by atoms with Crippen LogP contribution in [0.15, 0.2) is 29.5 Å². The molecule has 0 amide bonds. The number of halogens is 1. The lowest BCUT2D eigenvalue weighted by Gasteiger charge is -2.06. The van der Waals surface area contributed by atoms with Crippen LogP contribution in [0.4, 0.5) is 10.3 Å². The highest BCUT2D eigenvalue weighted by atomic mass is 19.1. The molecule has 0 bridgehead atoms. The molecule has 0 unspecified atom stereocenters. The number of nitrogen functional groups attached to an aromatic ring is 1. The van der Waals surface area contributed by atoms with Crippen molar-refractivity contribution in [3.8, 4) is 5.75 Å². The Kier molecular flexibility index (Phi) is 5.52. The van der Waals surface area contributed by atoms with Crippen LogP contribution in [0.1, 0.15) is 37.4 Å². The topological polar surface area (TPSA) is 65.4 Å². The van der Waals surface area contributed by atoms with Gasteiger partial charge in [-0.1, -0.05) is 19.8 Å². The fraction of sp³-hybridized carbons (Fsp3) is 0.375. The van der Waals surface area contributed by atoms with Crippen molar-refractivity contribution in [2.45, 2.75) is 33.1 Å². The molecule has 6 heteroatoms. The minimum Gasteiger partial charge on any atom is -0.493 e. The van der Waals surface area contributed by atoms with E-state index in [1.165, 1.54) is 23.0 Å². The van der Waals surface area contributed by atoms with Crippen molar-refractivity contribution >= 4 is 12.2 Å². The maximum Gasteiger partial charge on any atom is 0.221 e. The van der Waals surface area contributed by atoms with E-state index in [1.807, 2.05) is 6.92 Å². The zero-order valence-electron chi connectivity index (χ0n) is 12.9. The van der Waals surface area contributed by atoms with Crippen LogP contribution in [0.3, 0.4) is 0 Å². The molecule has 0 saturated carbocycles. The van der Waals surface area contributed by atoms with Crippen LogP contribution in [0.5, 0.6) is 5.75 Å². The van der Waals surface area contributed by atoms with Crippen molar-refractivity contribution in [3.05, 3.63) is 41.5 Å². The second-order valence-electron chi connectivity index (χ2n) is 5.11. The van der Waals surface area contributed by atoms with Crippen LogP contribution in [0.25, 0.3) is 0 Å². The normalized spacial score (nSPS) is 11.2. The average molecular weight is 304 g/mol. The van der Waals surface area contributed by atoms with E-state index in [0.717, 1.165) is 25.0 Å². The molecule has 118 valence electrons. The number of hydrogen-bond acceptors (Lipinski definition) is 4. The van der Waals surface area contributed by atoms with Crippen molar-refractivity contribution in [2.24, 2.45) is 5.10 Å². The molecule has 0 fully saturated rings. The number of rotatable bonds is 7. The molecular weight excluding hydrogens is 283 g/mol. The third-order valence-corrected chi connectivity index (χ3v) is 3.08. The summed E-state index contributed by atoms with van der Waals surface area (Å²) in [6.07, 6.45) is 6.41. The first-order valence-corrected chi connectivity index (χ1v) is 7.37. The van der Waals surface area contributed by atoms with E-state index in [1.54, 1.807) is 12.3 Å². The molecule has 0 aliphatic heterocycles. The first-order valence-electron chi connectivity index (χ1n) is 7.37. The minimum atomic E-state index is -0.357. The maximum absolute atomic E-state index is 13.6. The van der Waals surface area contributed by atoms with E-state index in [2.05, 4.69) is 17.0 Å². The van der Waals surface area contributed by atoms with Crippen LogP contribution in [0.2, 0.25) is 0 Å². The molecule has 0 radical (unpaired) electrons. The number of unbranched alkanes of at least 4 members (excludes halogenated alkanes) is 2. The van der Waals surface area contributed by atoms with Crippen LogP contribution in [-0.2, 0) is 0 Å². The number of imidazole rings is 1. The Morgan fingerprint density at radius 2 is 2.18 bits per heavy atom. The molecule has 0 saturated heterocycles. The highest BCUT2D eigenvalue weighted by molar-refractivity contribution is 5.80. The standard InChI is InChI=1S/C16H21FN4O/c1-3-4-5-6-22-15-8-13(7-14(17)9-15)10-19-21-11-12(2)20-16(21)18/h7-11H,3-6H2,1-2H3,(H2,18,20). The van der Waals surface area contributed by atoms with Gasteiger partial charge in [-0.3, -0.25) is 0 Å². The summed E-state index contributed by atoms with van der Waals surface area (Å²) in [6.45, 7) is 4.54. The fourth-order valence-corrected chi connectivity index (χ4v) is 2.01. The third-order valence-electron chi connectivity index (χ3n) is 3.08. The van der Waals surface area contributed by atoms with Gasteiger partial charge in [0.2, 0.25) is 5.95 Å². The third kappa shape index (κ3) is 4.58. The zero-order valence-corrected chi connectivity index (χ0v) is 12.9. The Morgan fingerprint density at radius 3 is 2.86 bits per heavy atom. The summed E-state index contributed by atoms with van der Waals surface area (Å²) < 4.78 is 20.6. The second-order valence-corrected chi connectivity index (χ2v) is 5.11. The van der Waals surface area contributed by atoms with E-state index in [4.69, 9.17) is 10.5 Å². The lowest BCUT2D eigenvalue weighted by molar-refractivity contribution is 0.305. The van der Waals surface area contributed by atoms with Crippen molar-refractivity contribution in [2.75, 3.05) is 12.3 Å². The number of ether oxygens (including phenoxy) is 1. The first-order chi connectivity index (χ1) is 10.6. The highest BCUT2D eigenvalue weighted by Crippen LogP contribution is 2.16. The molecule has 1 aromatic carbocycles. The number of benzene rings is 1. The molecular formula is C16H21FN4O. The van der Waals surface area contributed by atoms with E-state index in [9.17, 15) is 4.39 Å². The lowest BCUT2D eigenvalue weighted by atomic mass is 10.2. The zero-order chi connectivity index (χ0) is 15.9. The fourth-order valence-electron chi connectivity index (χ4n) is 2.01. The highest BCUT2D eigenvalue weighted by Gasteiger charge is 2.02. The van der Waals surface area contributed by atoms with Crippen molar-refractivity contribution in [3.63, 3.8) is 0 Å². The summed E-state index contributed by atoms with van der Waals surface area (Å²) in [7, 11) is 0. The number of hydrogen-bond donors (Lipinski definition) is 1. The van der Waals surface area contributed by atoms with E-state index < -0.39 is 0 Å².